The van der Waals surface area contributed by atoms with E-state index in [0.29, 0.717) is 6.07 Å². The summed E-state index contributed by atoms with van der Waals surface area (Å²) in [7, 11) is 0. The van der Waals surface area contributed by atoms with Gasteiger partial charge >= 0.3 is 0 Å². The third-order valence-corrected chi connectivity index (χ3v) is 3.65. The minimum atomic E-state index is -0.896. The lowest BCUT2D eigenvalue weighted by Gasteiger charge is -2.10. The van der Waals surface area contributed by atoms with Gasteiger partial charge in [0.2, 0.25) is 0 Å². The number of phenolic OH excluding ortho intramolecular Hbond substituents is 1. The smallest absolute Gasteiger partial charge is 0.272 e. The van der Waals surface area contributed by atoms with Crippen molar-refractivity contribution >= 4 is 52.1 Å². The van der Waals surface area contributed by atoms with Crippen molar-refractivity contribution in [2.75, 3.05) is 5.32 Å². The summed E-state index contributed by atoms with van der Waals surface area (Å²) in [5, 5.41) is 21.9. The van der Waals surface area contributed by atoms with E-state index in [9.17, 15) is 24.4 Å². The molecule has 2 aromatic rings. The number of hydrogen-bond donors (Lipinski definition) is 2. The number of anilines is 1. The van der Waals surface area contributed by atoms with Crippen molar-refractivity contribution in [1.29, 1.82) is 0 Å². The fourth-order valence-corrected chi connectivity index (χ4v) is 2.42. The van der Waals surface area contributed by atoms with Crippen molar-refractivity contribution < 1.29 is 19.2 Å². The van der Waals surface area contributed by atoms with Crippen LogP contribution in [0.5, 0.6) is 5.75 Å². The Balaban J connectivity index is 2.38. The number of nitro benzene ring substituents is 1. The first-order valence-corrected chi connectivity index (χ1v) is 6.97. The fourth-order valence-electron chi connectivity index (χ4n) is 1.68. The van der Waals surface area contributed by atoms with E-state index in [2.05, 4.69) is 5.32 Å². The van der Waals surface area contributed by atoms with Crippen LogP contribution in [-0.4, -0.2) is 15.9 Å². The molecule has 0 aliphatic rings. The number of amides is 1. The highest BCUT2D eigenvalue weighted by Gasteiger charge is 2.20. The van der Waals surface area contributed by atoms with Gasteiger partial charge in [-0.05, 0) is 6.07 Å². The van der Waals surface area contributed by atoms with E-state index >= 15 is 0 Å². The van der Waals surface area contributed by atoms with Crippen molar-refractivity contribution in [1.82, 2.24) is 0 Å². The van der Waals surface area contributed by atoms with E-state index in [4.69, 9.17) is 34.8 Å². The van der Waals surface area contributed by atoms with Crippen LogP contribution >= 0.6 is 34.8 Å². The molecule has 2 N–H and O–H groups in total. The van der Waals surface area contributed by atoms with Crippen molar-refractivity contribution in [3.63, 3.8) is 0 Å². The molecular formula is C13H6Cl3FN2O4. The maximum atomic E-state index is 13.2. The molecule has 0 aliphatic carbocycles. The molecular weight excluding hydrogens is 374 g/mol. The van der Waals surface area contributed by atoms with Crippen LogP contribution in [0, 0.1) is 15.9 Å². The summed E-state index contributed by atoms with van der Waals surface area (Å²) in [5.74, 6) is -2.41. The second-order valence-corrected chi connectivity index (χ2v) is 5.50. The minimum absolute atomic E-state index is 0.0937. The molecule has 1 amide bonds. The van der Waals surface area contributed by atoms with E-state index < -0.39 is 22.4 Å². The van der Waals surface area contributed by atoms with Gasteiger partial charge in [-0.25, -0.2) is 4.39 Å². The standard InChI is InChI=1S/C13H6Cl3FN2O4/c14-7-3-6(11(20)4-10(7)17)13(21)18-12-8(15)1-5(19(22)23)2-9(12)16/h1-4,20H,(H,18,21). The van der Waals surface area contributed by atoms with Gasteiger partial charge in [-0.3, -0.25) is 14.9 Å². The molecule has 0 unspecified atom stereocenters. The number of halogens is 4. The van der Waals surface area contributed by atoms with Gasteiger partial charge in [-0.2, -0.15) is 0 Å². The summed E-state index contributed by atoms with van der Waals surface area (Å²) < 4.78 is 13.2. The van der Waals surface area contributed by atoms with Crippen molar-refractivity contribution in [3.8, 4) is 5.75 Å². The highest BCUT2D eigenvalue weighted by molar-refractivity contribution is 6.40. The summed E-state index contributed by atoms with van der Waals surface area (Å²) in [6.45, 7) is 0. The largest absolute Gasteiger partial charge is 0.507 e. The van der Waals surface area contributed by atoms with Gasteiger partial charge in [0.15, 0.2) is 0 Å². The van der Waals surface area contributed by atoms with Gasteiger partial charge in [0.25, 0.3) is 11.6 Å². The predicted octanol–water partition coefficient (Wildman–Crippen LogP) is 4.65. The summed E-state index contributed by atoms with van der Waals surface area (Å²) in [5.41, 5.74) is -0.767. The zero-order valence-corrected chi connectivity index (χ0v) is 13.2. The van der Waals surface area contributed by atoms with Gasteiger partial charge in [0.05, 0.1) is 31.2 Å². The highest BCUT2D eigenvalue weighted by atomic mass is 35.5. The Morgan fingerprint density at radius 1 is 1.13 bits per heavy atom. The molecule has 0 atom stereocenters. The number of benzene rings is 2. The summed E-state index contributed by atoms with van der Waals surface area (Å²) in [6, 6.07) is 3.60. The average Bonchev–Trinajstić information content (AvgIpc) is 2.46. The van der Waals surface area contributed by atoms with Crippen molar-refractivity contribution in [2.24, 2.45) is 0 Å². The molecule has 0 heterocycles. The normalized spacial score (nSPS) is 10.4. The lowest BCUT2D eigenvalue weighted by molar-refractivity contribution is -0.384. The zero-order valence-electron chi connectivity index (χ0n) is 10.9. The van der Waals surface area contributed by atoms with Gasteiger partial charge in [-0.1, -0.05) is 34.8 Å². The second-order valence-electron chi connectivity index (χ2n) is 4.28. The molecule has 0 saturated heterocycles. The Morgan fingerprint density at radius 3 is 2.22 bits per heavy atom. The van der Waals surface area contributed by atoms with Gasteiger partial charge in [0.1, 0.15) is 11.6 Å². The molecule has 0 radical (unpaired) electrons. The molecule has 2 aromatic carbocycles. The highest BCUT2D eigenvalue weighted by Crippen LogP contribution is 2.35. The number of nitrogens with one attached hydrogen (secondary N) is 1. The van der Waals surface area contributed by atoms with Crippen molar-refractivity contribution in [2.45, 2.75) is 0 Å². The Kier molecular flexibility index (Phi) is 4.93. The Labute approximate surface area is 143 Å². The van der Waals surface area contributed by atoms with Crippen molar-refractivity contribution in [3.05, 3.63) is 60.8 Å². The first kappa shape index (κ1) is 17.3. The lowest BCUT2D eigenvalue weighted by atomic mass is 10.1. The van der Waals surface area contributed by atoms with Gasteiger partial charge in [0, 0.05) is 18.2 Å². The van der Waals surface area contributed by atoms with Crippen LogP contribution < -0.4 is 5.32 Å². The second kappa shape index (κ2) is 6.57. The topological polar surface area (TPSA) is 92.5 Å². The van der Waals surface area contributed by atoms with E-state index in [-0.39, 0.29) is 32.0 Å². The SMILES string of the molecule is O=C(Nc1c(Cl)cc([N+](=O)[O-])cc1Cl)c1cc(Cl)c(F)cc1O. The molecule has 0 fully saturated rings. The van der Waals surface area contributed by atoms with Crippen LogP contribution in [0.15, 0.2) is 24.3 Å². The zero-order chi connectivity index (χ0) is 17.3. The van der Waals surface area contributed by atoms with E-state index in [1.165, 1.54) is 0 Å². The number of nitro groups is 1. The number of phenols is 1. The average molecular weight is 380 g/mol. The monoisotopic (exact) mass is 378 g/mol. The Hall–Kier alpha value is -2.09. The fraction of sp³-hybridized carbons (Fsp3) is 0. The minimum Gasteiger partial charge on any atom is -0.507 e. The molecule has 0 bridgehead atoms. The van der Waals surface area contributed by atoms with E-state index in [1.807, 2.05) is 0 Å². The quantitative estimate of drug-likeness (QED) is 0.599. The number of hydrogen-bond acceptors (Lipinski definition) is 4. The molecule has 6 nitrogen and oxygen atoms in total. The third-order valence-electron chi connectivity index (χ3n) is 2.76. The molecule has 120 valence electrons. The molecule has 0 aromatic heterocycles. The summed E-state index contributed by atoms with van der Waals surface area (Å²) in [4.78, 5) is 22.1. The van der Waals surface area contributed by atoms with Crippen LogP contribution in [0.25, 0.3) is 0 Å². The Bertz CT molecular complexity index is 806. The van der Waals surface area contributed by atoms with E-state index in [1.54, 1.807) is 0 Å². The maximum absolute atomic E-state index is 13.2. The maximum Gasteiger partial charge on any atom is 0.272 e. The molecule has 0 aliphatic heterocycles. The third kappa shape index (κ3) is 3.64. The van der Waals surface area contributed by atoms with Crippen LogP contribution in [0.1, 0.15) is 10.4 Å². The van der Waals surface area contributed by atoms with Crippen LogP contribution in [-0.2, 0) is 0 Å². The predicted molar refractivity (Wildman–Crippen MR) is 84.1 cm³/mol. The molecule has 0 spiro atoms. The van der Waals surface area contributed by atoms with Gasteiger partial charge < -0.3 is 10.4 Å². The molecule has 2 rings (SSSR count). The summed E-state index contributed by atoms with van der Waals surface area (Å²) in [6.07, 6.45) is 0. The van der Waals surface area contributed by atoms with Crippen LogP contribution in [0.3, 0.4) is 0 Å². The number of nitrogens with zero attached hydrogens (tertiary/aromatic N) is 1. The Morgan fingerprint density at radius 2 is 1.70 bits per heavy atom. The summed E-state index contributed by atoms with van der Waals surface area (Å²) >= 11 is 17.3. The number of aromatic hydroxyl groups is 1. The molecule has 0 saturated carbocycles. The molecule has 23 heavy (non-hydrogen) atoms. The first-order chi connectivity index (χ1) is 10.7. The number of carbonyl (C=O) groups is 1. The van der Waals surface area contributed by atoms with Gasteiger partial charge in [-0.15, -0.1) is 0 Å². The first-order valence-electron chi connectivity index (χ1n) is 5.83. The number of rotatable bonds is 3. The van der Waals surface area contributed by atoms with E-state index in [0.717, 1.165) is 18.2 Å². The van der Waals surface area contributed by atoms with Crippen LogP contribution in [0.2, 0.25) is 15.1 Å². The lowest BCUT2D eigenvalue weighted by Crippen LogP contribution is -2.13. The number of non-ortho nitro benzene ring substituents is 1. The van der Waals surface area contributed by atoms with Crippen LogP contribution in [0.4, 0.5) is 15.8 Å². The number of carbonyl (C=O) groups excluding carboxylic acids is 1. The molecule has 10 heteroatoms.